The Morgan fingerprint density at radius 2 is 1.76 bits per heavy atom. The van der Waals surface area contributed by atoms with Gasteiger partial charge in [0.05, 0.1) is 12.8 Å². The third-order valence-electron chi connectivity index (χ3n) is 3.30. The highest BCUT2D eigenvalue weighted by molar-refractivity contribution is 7.92. The van der Waals surface area contributed by atoms with E-state index in [4.69, 9.17) is 9.26 Å². The lowest BCUT2D eigenvalue weighted by atomic mass is 10.1. The molecule has 7 heteroatoms. The van der Waals surface area contributed by atoms with E-state index in [9.17, 15) is 8.42 Å². The van der Waals surface area contributed by atoms with Crippen LogP contribution in [0.1, 0.15) is 22.6 Å². The lowest BCUT2D eigenvalue weighted by molar-refractivity contribution is 0.390. The molecular weight excluding hydrogens is 292 g/mol. The first-order chi connectivity index (χ1) is 9.76. The molecule has 0 bridgehead atoms. The normalized spacial score (nSPS) is 11.5. The molecule has 1 N–H and O–H groups in total. The number of nitrogens with zero attached hydrogens (tertiary/aromatic N) is 1. The lowest BCUT2D eigenvalue weighted by Gasteiger charge is -2.14. The maximum Gasteiger partial charge on any atom is 0.267 e. The van der Waals surface area contributed by atoms with Crippen LogP contribution in [0.15, 0.2) is 21.6 Å². The standard InChI is InChI=1S/C14H18N2O4S/c1-8-6-12(13(19-5)7-9(8)2)16-21(17,18)14-10(3)15-20-11(14)4/h6-7,16H,1-5H3. The van der Waals surface area contributed by atoms with Crippen molar-refractivity contribution in [2.75, 3.05) is 11.8 Å². The Labute approximate surface area is 124 Å². The van der Waals surface area contributed by atoms with E-state index in [0.717, 1.165) is 11.1 Å². The van der Waals surface area contributed by atoms with Gasteiger partial charge in [-0.25, -0.2) is 8.42 Å². The topological polar surface area (TPSA) is 81.4 Å². The summed E-state index contributed by atoms with van der Waals surface area (Å²) in [7, 11) is -2.28. The molecule has 6 nitrogen and oxygen atoms in total. The molecular formula is C14H18N2O4S. The van der Waals surface area contributed by atoms with E-state index in [2.05, 4.69) is 9.88 Å². The van der Waals surface area contributed by atoms with Crippen molar-refractivity contribution in [2.45, 2.75) is 32.6 Å². The number of hydrogen-bond donors (Lipinski definition) is 1. The predicted molar refractivity (Wildman–Crippen MR) is 79.3 cm³/mol. The van der Waals surface area contributed by atoms with Crippen molar-refractivity contribution in [3.8, 4) is 5.75 Å². The smallest absolute Gasteiger partial charge is 0.267 e. The summed E-state index contributed by atoms with van der Waals surface area (Å²) < 4.78 is 37.7. The van der Waals surface area contributed by atoms with E-state index < -0.39 is 10.0 Å². The summed E-state index contributed by atoms with van der Waals surface area (Å²) in [5.74, 6) is 0.719. The number of nitrogens with one attached hydrogen (secondary N) is 1. The maximum absolute atomic E-state index is 12.5. The van der Waals surface area contributed by atoms with Crippen molar-refractivity contribution in [3.63, 3.8) is 0 Å². The highest BCUT2D eigenvalue weighted by Crippen LogP contribution is 2.31. The average Bonchev–Trinajstić information content (AvgIpc) is 2.73. The number of aromatic nitrogens is 1. The zero-order valence-electron chi connectivity index (χ0n) is 12.6. The minimum Gasteiger partial charge on any atom is -0.495 e. The van der Waals surface area contributed by atoms with Gasteiger partial charge in [0.15, 0.2) is 10.7 Å². The van der Waals surface area contributed by atoms with Crippen LogP contribution in [0.2, 0.25) is 0 Å². The van der Waals surface area contributed by atoms with Crippen molar-refractivity contribution in [2.24, 2.45) is 0 Å². The second kappa shape index (κ2) is 5.40. The van der Waals surface area contributed by atoms with E-state index >= 15 is 0 Å². The Hall–Kier alpha value is -2.02. The average molecular weight is 310 g/mol. The molecule has 1 aromatic carbocycles. The number of methoxy groups -OCH3 is 1. The summed E-state index contributed by atoms with van der Waals surface area (Å²) in [6.45, 7) is 6.99. The van der Waals surface area contributed by atoms with E-state index in [1.807, 2.05) is 13.8 Å². The first-order valence-corrected chi connectivity index (χ1v) is 7.85. The van der Waals surface area contributed by atoms with E-state index in [1.54, 1.807) is 26.0 Å². The number of rotatable bonds is 4. The van der Waals surface area contributed by atoms with Gasteiger partial charge in [-0.15, -0.1) is 0 Å². The molecule has 0 aliphatic heterocycles. The highest BCUT2D eigenvalue weighted by Gasteiger charge is 2.25. The van der Waals surface area contributed by atoms with Crippen LogP contribution >= 0.6 is 0 Å². The van der Waals surface area contributed by atoms with Gasteiger partial charge in [0.1, 0.15) is 11.4 Å². The summed E-state index contributed by atoms with van der Waals surface area (Å²) in [6, 6.07) is 3.53. The number of hydrogen-bond acceptors (Lipinski definition) is 5. The van der Waals surface area contributed by atoms with Gasteiger partial charge in [-0.1, -0.05) is 5.16 Å². The molecule has 0 unspecified atom stereocenters. The highest BCUT2D eigenvalue weighted by atomic mass is 32.2. The molecule has 0 spiro atoms. The van der Waals surface area contributed by atoms with Crippen LogP contribution in [0.3, 0.4) is 0 Å². The fraction of sp³-hybridized carbons (Fsp3) is 0.357. The van der Waals surface area contributed by atoms with Gasteiger partial charge in [0.25, 0.3) is 10.0 Å². The number of sulfonamides is 1. The number of ether oxygens (including phenoxy) is 1. The zero-order chi connectivity index (χ0) is 15.8. The van der Waals surface area contributed by atoms with Crippen LogP contribution in [0, 0.1) is 27.7 Å². The Kier molecular flexibility index (Phi) is 3.95. The summed E-state index contributed by atoms with van der Waals surface area (Å²) >= 11 is 0. The van der Waals surface area contributed by atoms with Gasteiger partial charge in [-0.2, -0.15) is 0 Å². The van der Waals surface area contributed by atoms with E-state index in [-0.39, 0.29) is 10.7 Å². The van der Waals surface area contributed by atoms with Crippen LogP contribution < -0.4 is 9.46 Å². The largest absolute Gasteiger partial charge is 0.495 e. The lowest BCUT2D eigenvalue weighted by Crippen LogP contribution is -2.15. The minimum atomic E-state index is -3.78. The third kappa shape index (κ3) is 2.87. The predicted octanol–water partition coefficient (Wildman–Crippen LogP) is 2.72. The molecule has 0 saturated carbocycles. The maximum atomic E-state index is 12.5. The minimum absolute atomic E-state index is 0.0581. The van der Waals surface area contributed by atoms with E-state index in [1.165, 1.54) is 7.11 Å². The van der Waals surface area contributed by atoms with Gasteiger partial charge in [-0.3, -0.25) is 4.72 Å². The molecule has 0 radical (unpaired) electrons. The molecule has 1 aromatic heterocycles. The van der Waals surface area contributed by atoms with Crippen LogP contribution in [0.5, 0.6) is 5.75 Å². The first kappa shape index (κ1) is 15.4. The van der Waals surface area contributed by atoms with Crippen LogP contribution in [-0.4, -0.2) is 20.7 Å². The number of aryl methyl sites for hydroxylation is 4. The van der Waals surface area contributed by atoms with Crippen LogP contribution in [0.25, 0.3) is 0 Å². The molecule has 114 valence electrons. The Morgan fingerprint density at radius 1 is 1.14 bits per heavy atom. The molecule has 21 heavy (non-hydrogen) atoms. The van der Waals surface area contributed by atoms with E-state index in [0.29, 0.717) is 17.1 Å². The summed E-state index contributed by atoms with van der Waals surface area (Å²) in [6.07, 6.45) is 0. The molecule has 0 atom stereocenters. The Balaban J connectivity index is 2.49. The summed E-state index contributed by atoms with van der Waals surface area (Å²) in [5, 5.41) is 3.67. The Bertz CT molecular complexity index is 759. The molecule has 0 amide bonds. The van der Waals surface area contributed by atoms with Crippen molar-refractivity contribution >= 4 is 15.7 Å². The molecule has 2 rings (SSSR count). The molecule has 0 fully saturated rings. The van der Waals surface area contributed by atoms with Gasteiger partial charge in [0.2, 0.25) is 0 Å². The fourth-order valence-electron chi connectivity index (χ4n) is 2.09. The fourth-order valence-corrected chi connectivity index (χ4v) is 3.49. The quantitative estimate of drug-likeness (QED) is 0.939. The van der Waals surface area contributed by atoms with Crippen molar-refractivity contribution < 1.29 is 17.7 Å². The van der Waals surface area contributed by atoms with Gasteiger partial charge < -0.3 is 9.26 Å². The zero-order valence-corrected chi connectivity index (χ0v) is 13.5. The van der Waals surface area contributed by atoms with Gasteiger partial charge in [-0.05, 0) is 51.0 Å². The second-order valence-electron chi connectivity index (χ2n) is 4.90. The molecule has 0 saturated heterocycles. The van der Waals surface area contributed by atoms with Crippen LogP contribution in [-0.2, 0) is 10.0 Å². The third-order valence-corrected chi connectivity index (χ3v) is 4.91. The van der Waals surface area contributed by atoms with Gasteiger partial charge in [0, 0.05) is 0 Å². The number of benzene rings is 1. The number of anilines is 1. The SMILES string of the molecule is COc1cc(C)c(C)cc1NS(=O)(=O)c1c(C)noc1C. The molecule has 1 heterocycles. The molecule has 0 aliphatic carbocycles. The summed E-state index contributed by atoms with van der Waals surface area (Å²) in [4.78, 5) is 0.0581. The monoisotopic (exact) mass is 310 g/mol. The first-order valence-electron chi connectivity index (χ1n) is 6.37. The summed E-state index contributed by atoms with van der Waals surface area (Å²) in [5.41, 5.74) is 2.70. The molecule has 2 aromatic rings. The van der Waals surface area contributed by atoms with Crippen molar-refractivity contribution in [3.05, 3.63) is 34.7 Å². The van der Waals surface area contributed by atoms with Gasteiger partial charge >= 0.3 is 0 Å². The molecule has 0 aliphatic rings. The Morgan fingerprint density at radius 3 is 2.29 bits per heavy atom. The van der Waals surface area contributed by atoms with Crippen LogP contribution in [0.4, 0.5) is 5.69 Å². The van der Waals surface area contributed by atoms with Crippen molar-refractivity contribution in [1.82, 2.24) is 5.16 Å². The second-order valence-corrected chi connectivity index (χ2v) is 6.51. The van der Waals surface area contributed by atoms with Crippen molar-refractivity contribution in [1.29, 1.82) is 0 Å².